The maximum absolute atomic E-state index is 10.6. The summed E-state index contributed by atoms with van der Waals surface area (Å²) in [6, 6.07) is 134. The first-order valence-electron chi connectivity index (χ1n) is 30.7. The van der Waals surface area contributed by atoms with Crippen LogP contribution >= 0.6 is 21.8 Å². The fourth-order valence-electron chi connectivity index (χ4n) is 11.9. The maximum atomic E-state index is 10.6. The maximum Gasteiger partial charge on any atom is 0.124 e. The number of hydrogen-bond donors (Lipinski definition) is 0. The molecule has 0 aliphatic rings. The number of carbonyl (C=O) groups is 2. The zero-order valence-corrected chi connectivity index (χ0v) is 55.1. The first-order valence-corrected chi connectivity index (χ1v) is 38.0. The average Bonchev–Trinajstić information content (AvgIpc) is 0.772. The Bertz CT molecular complexity index is 3840. The molecule has 0 radical (unpaired) electrons. The van der Waals surface area contributed by atoms with Crippen LogP contribution < -0.4 is 58.0 Å². The van der Waals surface area contributed by atoms with Crippen molar-refractivity contribution < 1.29 is 32.8 Å². The van der Waals surface area contributed by atoms with Gasteiger partial charge in [-0.2, -0.15) is 0 Å². The number of hydrogen-bond acceptors (Lipinski definition) is 7. The standard InChI is InChI=1S/3C25H22P.C8H6O7S/c3*1-5-13-22(14-6-1)21-26(23-15-7-2-8-16-23,24-17-9-3-10-18-24)25-19-11-4-12-20-25;9-7(10)4-1-5(8(11)12)3-6(2-4)16(13,14)15/h3*1-20H,21H2;1-3H,(H,9,10)(H,11,12)(H,13,14,15)/q3*+1;/p-3. The molecule has 0 saturated carbocycles. The van der Waals surface area contributed by atoms with Crippen molar-refractivity contribution in [3.05, 3.63) is 410 Å². The lowest BCUT2D eigenvalue weighted by atomic mass is 10.1. The molecule has 0 unspecified atom stereocenters. The minimum absolute atomic E-state index is 0.518. The highest BCUT2D eigenvalue weighted by molar-refractivity contribution is 7.96. The van der Waals surface area contributed by atoms with Crippen LogP contribution in [-0.2, 0) is 28.6 Å². The molecule has 13 aromatic carbocycles. The fraction of sp³-hybridized carbons (Fsp3) is 0.0361. The van der Waals surface area contributed by atoms with Gasteiger partial charge in [0.1, 0.15) is 79.6 Å². The summed E-state index contributed by atoms with van der Waals surface area (Å²) in [6.07, 6.45) is 3.10. The van der Waals surface area contributed by atoms with Gasteiger partial charge in [-0.1, -0.05) is 255 Å². The van der Waals surface area contributed by atoms with E-state index in [9.17, 15) is 32.8 Å². The van der Waals surface area contributed by atoms with E-state index in [0.29, 0.717) is 18.2 Å². The summed E-state index contributed by atoms with van der Waals surface area (Å²) in [5, 5.41) is 33.8. The molecule has 0 amide bonds. The number of carbonyl (C=O) groups excluding carboxylic acids is 2. The van der Waals surface area contributed by atoms with Crippen LogP contribution in [0.4, 0.5) is 0 Å². The summed E-state index contributed by atoms with van der Waals surface area (Å²) >= 11 is 0. The lowest BCUT2D eigenvalue weighted by molar-refractivity contribution is -0.255. The number of aromatic carboxylic acids is 2. The second-order valence-electron chi connectivity index (χ2n) is 22.2. The molecule has 11 heteroatoms. The third kappa shape index (κ3) is 16.4. The van der Waals surface area contributed by atoms with Crippen LogP contribution in [0.5, 0.6) is 0 Å². The second kappa shape index (κ2) is 32.5. The van der Waals surface area contributed by atoms with E-state index in [4.69, 9.17) is 0 Å². The molecule has 0 aromatic heterocycles. The third-order valence-electron chi connectivity index (χ3n) is 16.2. The number of carboxylic acids is 2. The van der Waals surface area contributed by atoms with Gasteiger partial charge in [-0.3, -0.25) is 0 Å². The number of rotatable bonds is 18. The highest BCUT2D eigenvalue weighted by atomic mass is 32.2. The van der Waals surface area contributed by atoms with Crippen molar-refractivity contribution in [2.24, 2.45) is 0 Å². The Kier molecular flexibility index (Phi) is 23.1. The monoisotopic (exact) mass is 1300 g/mol. The molecule has 0 saturated heterocycles. The normalized spacial score (nSPS) is 11.2. The van der Waals surface area contributed by atoms with Gasteiger partial charge in [0.05, 0.1) is 35.3 Å². The SMILES string of the molecule is O=C([O-])c1cc(C(=O)[O-])cc(S(=O)(=O)[O-])c1.c1ccc(C[P+](c2ccccc2)(c2ccccc2)c2ccccc2)cc1.c1ccc(C[P+](c2ccccc2)(c2ccccc2)c2ccccc2)cc1.c1ccc(C[P+](c2ccccc2)(c2ccccc2)c2ccccc2)cc1. The molecule has 94 heavy (non-hydrogen) atoms. The molecule has 13 rings (SSSR count). The van der Waals surface area contributed by atoms with Crippen LogP contribution in [0, 0.1) is 0 Å². The van der Waals surface area contributed by atoms with Crippen LogP contribution in [0.3, 0.4) is 0 Å². The van der Waals surface area contributed by atoms with Crippen molar-refractivity contribution in [2.75, 3.05) is 0 Å². The predicted molar refractivity (Wildman–Crippen MR) is 389 cm³/mol. The van der Waals surface area contributed by atoms with Crippen molar-refractivity contribution in [2.45, 2.75) is 23.4 Å². The Balaban J connectivity index is 0.000000139. The molecule has 0 aliphatic heterocycles. The summed E-state index contributed by atoms with van der Waals surface area (Å²) in [4.78, 5) is 19.9. The Morgan fingerprint density at radius 1 is 0.245 bits per heavy atom. The van der Waals surface area contributed by atoms with Crippen LogP contribution in [0.25, 0.3) is 0 Å². The summed E-state index contributed by atoms with van der Waals surface area (Å²) in [5.41, 5.74) is 2.71. The molecule has 0 spiro atoms. The fourth-order valence-corrected chi connectivity index (χ4v) is 25.1. The van der Waals surface area contributed by atoms with Gasteiger partial charge in [0.15, 0.2) is 0 Å². The van der Waals surface area contributed by atoms with Crippen molar-refractivity contribution in [3.63, 3.8) is 0 Å². The van der Waals surface area contributed by atoms with Gasteiger partial charge in [0.2, 0.25) is 0 Å². The molecular formula is C83H69O7P3S. The Morgan fingerprint density at radius 2 is 0.394 bits per heavy atom. The number of carboxylic acid groups (broad SMARTS) is 2. The molecule has 13 aromatic rings. The van der Waals surface area contributed by atoms with E-state index in [-0.39, 0.29) is 0 Å². The lowest BCUT2D eigenvalue weighted by Crippen LogP contribution is -2.32. The van der Waals surface area contributed by atoms with Crippen LogP contribution in [-0.4, -0.2) is 24.9 Å². The van der Waals surface area contributed by atoms with Gasteiger partial charge in [-0.25, -0.2) is 8.42 Å². The minimum atomic E-state index is -4.95. The topological polar surface area (TPSA) is 137 Å². The third-order valence-corrected chi connectivity index (χ3v) is 30.2. The van der Waals surface area contributed by atoms with Crippen molar-refractivity contribution in [1.29, 1.82) is 0 Å². The van der Waals surface area contributed by atoms with E-state index < -0.39 is 59.9 Å². The summed E-state index contributed by atoms with van der Waals surface area (Å²) < 4.78 is 31.8. The van der Waals surface area contributed by atoms with E-state index >= 15 is 0 Å². The van der Waals surface area contributed by atoms with Crippen molar-refractivity contribution >= 4 is 91.6 Å². The van der Waals surface area contributed by atoms with Crippen molar-refractivity contribution in [3.8, 4) is 0 Å². The average molecular weight is 1300 g/mol. The molecule has 7 nitrogen and oxygen atoms in total. The van der Waals surface area contributed by atoms with Gasteiger partial charge in [-0.05, 0) is 155 Å². The smallest absolute Gasteiger partial charge is 0.124 e. The molecule has 0 heterocycles. The second-order valence-corrected chi connectivity index (χ2v) is 34.0. The van der Waals surface area contributed by atoms with E-state index in [1.54, 1.807) is 0 Å². The van der Waals surface area contributed by atoms with Crippen LogP contribution in [0.1, 0.15) is 37.4 Å². The zero-order valence-electron chi connectivity index (χ0n) is 51.6. The highest BCUT2D eigenvalue weighted by Gasteiger charge is 2.48. The Hall–Kier alpha value is -10.0. The van der Waals surface area contributed by atoms with Gasteiger partial charge in [0, 0.05) is 0 Å². The molecule has 0 atom stereocenters. The van der Waals surface area contributed by atoms with E-state index in [1.165, 1.54) is 64.4 Å². The molecule has 0 fully saturated rings. The minimum Gasteiger partial charge on any atom is -0.744 e. The van der Waals surface area contributed by atoms with Crippen LogP contribution in [0.2, 0.25) is 0 Å². The van der Waals surface area contributed by atoms with Gasteiger partial charge in [0.25, 0.3) is 0 Å². The Morgan fingerprint density at radius 3 is 0.532 bits per heavy atom. The first kappa shape index (κ1) is 66.9. The van der Waals surface area contributed by atoms with Gasteiger partial charge >= 0.3 is 0 Å². The molecule has 464 valence electrons. The zero-order chi connectivity index (χ0) is 65.5. The Labute approximate surface area is 554 Å². The summed E-state index contributed by atoms with van der Waals surface area (Å²) in [5.74, 6) is -3.60. The molecule has 0 N–H and O–H groups in total. The van der Waals surface area contributed by atoms with E-state index in [0.717, 1.165) is 18.5 Å². The lowest BCUT2D eigenvalue weighted by Gasteiger charge is -2.27. The number of benzene rings is 13. The van der Waals surface area contributed by atoms with Gasteiger partial charge in [-0.15, -0.1) is 0 Å². The van der Waals surface area contributed by atoms with E-state index in [2.05, 4.69) is 364 Å². The highest BCUT2D eigenvalue weighted by Crippen LogP contribution is 2.60. The molecular weight excluding hydrogens is 1230 g/mol. The predicted octanol–water partition coefficient (Wildman–Crippen LogP) is 12.9. The summed E-state index contributed by atoms with van der Waals surface area (Å²) in [7, 11) is -10.3. The van der Waals surface area contributed by atoms with Crippen LogP contribution in [0.15, 0.2) is 387 Å². The molecule has 0 bridgehead atoms. The van der Waals surface area contributed by atoms with Gasteiger partial charge < -0.3 is 24.4 Å². The largest absolute Gasteiger partial charge is 0.744 e. The first-order chi connectivity index (χ1) is 45.9. The summed E-state index contributed by atoms with van der Waals surface area (Å²) in [6.45, 7) is 0. The molecule has 0 aliphatic carbocycles. The van der Waals surface area contributed by atoms with Crippen molar-refractivity contribution in [1.82, 2.24) is 0 Å². The van der Waals surface area contributed by atoms with E-state index in [1.807, 2.05) is 0 Å². The quantitative estimate of drug-likeness (QED) is 0.0616.